The van der Waals surface area contributed by atoms with Gasteiger partial charge in [0.15, 0.2) is 0 Å². The van der Waals surface area contributed by atoms with Crippen molar-refractivity contribution in [2.24, 2.45) is 5.41 Å². The van der Waals surface area contributed by atoms with Crippen LogP contribution in [0.2, 0.25) is 0 Å². The Hall–Kier alpha value is -0.160. The first-order valence-electron chi connectivity index (χ1n) is 8.17. The van der Waals surface area contributed by atoms with Crippen molar-refractivity contribution in [3.8, 4) is 0 Å². The minimum atomic E-state index is 0.0444. The maximum Gasteiger partial charge on any atom is 0.0777 e. The molecule has 0 aromatic rings. The number of methoxy groups -OCH3 is 1. The highest BCUT2D eigenvalue weighted by atomic mass is 16.5. The lowest BCUT2D eigenvalue weighted by atomic mass is 9.78. The minimum Gasteiger partial charge on any atom is -0.381 e. The Bertz CT molecular complexity index is 292. The van der Waals surface area contributed by atoms with Crippen LogP contribution in [0.1, 0.15) is 39.5 Å². The molecule has 2 aliphatic heterocycles. The molecule has 4 heteroatoms. The number of hydrogen-bond acceptors (Lipinski definition) is 4. The van der Waals surface area contributed by atoms with E-state index in [9.17, 15) is 0 Å². The molecule has 2 aliphatic rings. The standard InChI is InChI=1S/C16H32N2O2/c1-4-17-12-16(7-10-20-11-8-16)14-18-9-5-6-15(2,13-18)19-3/h17H,4-14H2,1-3H3. The smallest absolute Gasteiger partial charge is 0.0777 e. The normalized spacial score (nSPS) is 31.4. The van der Waals surface area contributed by atoms with Gasteiger partial charge in [-0.05, 0) is 51.1 Å². The fraction of sp³-hybridized carbons (Fsp3) is 1.00. The molecule has 4 nitrogen and oxygen atoms in total. The molecule has 1 atom stereocenters. The zero-order valence-electron chi connectivity index (χ0n) is 13.5. The van der Waals surface area contributed by atoms with Crippen molar-refractivity contribution in [3.63, 3.8) is 0 Å². The van der Waals surface area contributed by atoms with Gasteiger partial charge in [0.05, 0.1) is 5.60 Å². The lowest BCUT2D eigenvalue weighted by Crippen LogP contribution is -2.53. The molecule has 0 aromatic heterocycles. The highest BCUT2D eigenvalue weighted by Gasteiger charge is 2.38. The van der Waals surface area contributed by atoms with E-state index in [4.69, 9.17) is 9.47 Å². The van der Waals surface area contributed by atoms with Gasteiger partial charge < -0.3 is 14.8 Å². The van der Waals surface area contributed by atoms with Gasteiger partial charge in [-0.1, -0.05) is 6.92 Å². The largest absolute Gasteiger partial charge is 0.381 e. The van der Waals surface area contributed by atoms with Crippen LogP contribution in [-0.2, 0) is 9.47 Å². The second-order valence-electron chi connectivity index (χ2n) is 6.86. The van der Waals surface area contributed by atoms with Gasteiger partial charge >= 0.3 is 0 Å². The van der Waals surface area contributed by atoms with Crippen molar-refractivity contribution in [1.29, 1.82) is 0 Å². The van der Waals surface area contributed by atoms with E-state index in [2.05, 4.69) is 24.1 Å². The summed E-state index contributed by atoms with van der Waals surface area (Å²) in [5, 5.41) is 3.57. The third-order valence-electron chi connectivity index (χ3n) is 5.09. The Balaban J connectivity index is 1.96. The van der Waals surface area contributed by atoms with Gasteiger partial charge in [-0.3, -0.25) is 4.90 Å². The highest BCUT2D eigenvalue weighted by molar-refractivity contribution is 4.91. The number of rotatable bonds is 6. The summed E-state index contributed by atoms with van der Waals surface area (Å²) in [6.07, 6.45) is 4.79. The number of piperidine rings is 1. The van der Waals surface area contributed by atoms with Gasteiger partial charge in [-0.25, -0.2) is 0 Å². The molecule has 1 unspecified atom stereocenters. The molecule has 0 bridgehead atoms. The lowest BCUT2D eigenvalue weighted by Gasteiger charge is -2.46. The molecule has 1 N–H and O–H groups in total. The predicted molar refractivity (Wildman–Crippen MR) is 82.1 cm³/mol. The first-order chi connectivity index (χ1) is 9.61. The maximum atomic E-state index is 5.73. The van der Waals surface area contributed by atoms with Crippen molar-refractivity contribution < 1.29 is 9.47 Å². The lowest BCUT2D eigenvalue weighted by molar-refractivity contribution is -0.0705. The van der Waals surface area contributed by atoms with E-state index in [0.717, 1.165) is 32.8 Å². The number of nitrogens with one attached hydrogen (secondary N) is 1. The summed E-state index contributed by atoms with van der Waals surface area (Å²) in [6, 6.07) is 0. The third kappa shape index (κ3) is 4.17. The summed E-state index contributed by atoms with van der Waals surface area (Å²) in [5.41, 5.74) is 0.434. The number of nitrogens with zero attached hydrogens (tertiary/aromatic N) is 1. The summed E-state index contributed by atoms with van der Waals surface area (Å²) >= 11 is 0. The van der Waals surface area contributed by atoms with E-state index in [1.54, 1.807) is 0 Å². The Morgan fingerprint density at radius 2 is 2.00 bits per heavy atom. The average Bonchev–Trinajstić information content (AvgIpc) is 2.46. The number of likely N-dealkylation sites (tertiary alicyclic amines) is 1. The first kappa shape index (κ1) is 16.2. The molecule has 0 saturated carbocycles. The molecule has 0 aromatic carbocycles. The van der Waals surface area contributed by atoms with Crippen LogP contribution < -0.4 is 5.32 Å². The van der Waals surface area contributed by atoms with Crippen molar-refractivity contribution in [1.82, 2.24) is 10.2 Å². The van der Waals surface area contributed by atoms with E-state index >= 15 is 0 Å². The Morgan fingerprint density at radius 1 is 1.25 bits per heavy atom. The van der Waals surface area contributed by atoms with Crippen LogP contribution in [0.15, 0.2) is 0 Å². The summed E-state index contributed by atoms with van der Waals surface area (Å²) in [5.74, 6) is 0. The van der Waals surface area contributed by atoms with Crippen LogP contribution in [0, 0.1) is 5.41 Å². The molecule has 2 heterocycles. The summed E-state index contributed by atoms with van der Waals surface area (Å²) < 4.78 is 11.3. The summed E-state index contributed by atoms with van der Waals surface area (Å²) in [6.45, 7) is 11.9. The van der Waals surface area contributed by atoms with Gasteiger partial charge in [-0.15, -0.1) is 0 Å². The first-order valence-corrected chi connectivity index (χ1v) is 8.17. The molecule has 2 rings (SSSR count). The van der Waals surface area contributed by atoms with Crippen LogP contribution in [0.3, 0.4) is 0 Å². The summed E-state index contributed by atoms with van der Waals surface area (Å²) in [7, 11) is 1.85. The SMILES string of the molecule is CCNCC1(CN2CCCC(C)(OC)C2)CCOCC1. The van der Waals surface area contributed by atoms with Crippen molar-refractivity contribution in [2.45, 2.75) is 45.1 Å². The highest BCUT2D eigenvalue weighted by Crippen LogP contribution is 2.33. The van der Waals surface area contributed by atoms with Gasteiger partial charge in [0, 0.05) is 40.0 Å². The van der Waals surface area contributed by atoms with Crippen molar-refractivity contribution in [3.05, 3.63) is 0 Å². The van der Waals surface area contributed by atoms with E-state index in [1.807, 2.05) is 7.11 Å². The molecule has 0 amide bonds. The molecule has 0 radical (unpaired) electrons. The van der Waals surface area contributed by atoms with Gasteiger partial charge in [-0.2, -0.15) is 0 Å². The topological polar surface area (TPSA) is 33.7 Å². The van der Waals surface area contributed by atoms with Crippen LogP contribution >= 0.6 is 0 Å². The monoisotopic (exact) mass is 284 g/mol. The Labute approximate surface area is 124 Å². The van der Waals surface area contributed by atoms with E-state index in [0.29, 0.717) is 5.41 Å². The molecule has 2 fully saturated rings. The van der Waals surface area contributed by atoms with Crippen LogP contribution in [-0.4, -0.2) is 63.5 Å². The van der Waals surface area contributed by atoms with Crippen molar-refractivity contribution >= 4 is 0 Å². The number of hydrogen-bond donors (Lipinski definition) is 1. The number of ether oxygens (including phenoxy) is 2. The fourth-order valence-corrected chi connectivity index (χ4v) is 3.67. The second kappa shape index (κ2) is 7.21. The molecule has 0 spiro atoms. The summed E-state index contributed by atoms with van der Waals surface area (Å²) in [4.78, 5) is 2.62. The molecular weight excluding hydrogens is 252 g/mol. The van der Waals surface area contributed by atoms with E-state index < -0.39 is 0 Å². The zero-order chi connectivity index (χ0) is 14.5. The van der Waals surface area contributed by atoms with Gasteiger partial charge in [0.2, 0.25) is 0 Å². The van der Waals surface area contributed by atoms with Crippen LogP contribution in [0.25, 0.3) is 0 Å². The Kier molecular flexibility index (Phi) is 5.84. The molecular formula is C16H32N2O2. The molecule has 2 saturated heterocycles. The van der Waals surface area contributed by atoms with Gasteiger partial charge in [0.25, 0.3) is 0 Å². The minimum absolute atomic E-state index is 0.0444. The van der Waals surface area contributed by atoms with Crippen LogP contribution in [0.4, 0.5) is 0 Å². The van der Waals surface area contributed by atoms with Crippen molar-refractivity contribution in [2.75, 3.05) is 53.0 Å². The van der Waals surface area contributed by atoms with E-state index in [-0.39, 0.29) is 5.60 Å². The predicted octanol–water partition coefficient (Wildman–Crippen LogP) is 1.89. The third-order valence-corrected chi connectivity index (χ3v) is 5.09. The Morgan fingerprint density at radius 3 is 2.65 bits per heavy atom. The quantitative estimate of drug-likeness (QED) is 0.808. The maximum absolute atomic E-state index is 5.73. The molecule has 20 heavy (non-hydrogen) atoms. The van der Waals surface area contributed by atoms with E-state index in [1.165, 1.54) is 38.8 Å². The van der Waals surface area contributed by atoms with Gasteiger partial charge in [0.1, 0.15) is 0 Å². The van der Waals surface area contributed by atoms with Crippen LogP contribution in [0.5, 0.6) is 0 Å². The molecule has 118 valence electrons. The molecule has 0 aliphatic carbocycles. The average molecular weight is 284 g/mol. The fourth-order valence-electron chi connectivity index (χ4n) is 3.67. The second-order valence-corrected chi connectivity index (χ2v) is 6.86. The zero-order valence-corrected chi connectivity index (χ0v) is 13.5.